The van der Waals surface area contributed by atoms with Crippen molar-refractivity contribution in [1.82, 2.24) is 4.98 Å². The maximum absolute atomic E-state index is 5.78. The number of nitrogens with zero attached hydrogens (tertiary/aromatic N) is 2. The molecule has 17 heavy (non-hydrogen) atoms. The van der Waals surface area contributed by atoms with Gasteiger partial charge in [-0.2, -0.15) is 4.98 Å². The van der Waals surface area contributed by atoms with Crippen molar-refractivity contribution in [2.75, 3.05) is 24.6 Å². The molecule has 2 rings (SSSR count). The van der Waals surface area contributed by atoms with Crippen LogP contribution in [0, 0.1) is 0 Å². The first-order chi connectivity index (χ1) is 8.33. The summed E-state index contributed by atoms with van der Waals surface area (Å²) in [7, 11) is 0. The van der Waals surface area contributed by atoms with Crippen LogP contribution in [0.5, 0.6) is 0 Å². The fraction of sp³-hybridized carbons (Fsp3) is 0.750. The molecule has 1 atom stereocenters. The summed E-state index contributed by atoms with van der Waals surface area (Å²) in [6.45, 7) is 5.23. The van der Waals surface area contributed by atoms with E-state index < -0.39 is 0 Å². The largest absolute Gasteiger partial charge is 0.432 e. The van der Waals surface area contributed by atoms with E-state index in [1.807, 2.05) is 0 Å². The van der Waals surface area contributed by atoms with Gasteiger partial charge in [-0.1, -0.05) is 6.92 Å². The second-order valence-electron chi connectivity index (χ2n) is 4.41. The van der Waals surface area contributed by atoms with Crippen LogP contribution in [0.1, 0.15) is 31.9 Å². The van der Waals surface area contributed by atoms with Gasteiger partial charge in [0.05, 0.1) is 11.8 Å². The van der Waals surface area contributed by atoms with Gasteiger partial charge in [0.1, 0.15) is 6.26 Å². The van der Waals surface area contributed by atoms with Crippen LogP contribution in [0.15, 0.2) is 10.7 Å². The number of anilines is 1. The van der Waals surface area contributed by atoms with Crippen LogP contribution in [0.25, 0.3) is 0 Å². The molecule has 2 N–H and O–H groups in total. The van der Waals surface area contributed by atoms with E-state index in [1.54, 1.807) is 6.26 Å². The van der Waals surface area contributed by atoms with E-state index in [-0.39, 0.29) is 0 Å². The Kier molecular flexibility index (Phi) is 4.39. The van der Waals surface area contributed by atoms with Crippen molar-refractivity contribution < 1.29 is 9.15 Å². The summed E-state index contributed by atoms with van der Waals surface area (Å²) in [5, 5.41) is 0. The highest BCUT2D eigenvalue weighted by molar-refractivity contribution is 5.28. The van der Waals surface area contributed by atoms with E-state index in [0.29, 0.717) is 18.7 Å². The average molecular weight is 239 g/mol. The van der Waals surface area contributed by atoms with Gasteiger partial charge in [-0.25, -0.2) is 0 Å². The van der Waals surface area contributed by atoms with Gasteiger partial charge < -0.3 is 19.8 Å². The molecule has 2 heterocycles. The minimum Gasteiger partial charge on any atom is -0.432 e. The predicted octanol–water partition coefficient (Wildman–Crippen LogP) is 1.53. The standard InChI is InChI=1S/C12H21N3O2/c1-2-6-16-11-4-3-5-15(8-11)12-14-10(7-13)9-17-12/h9,11H,2-8,13H2,1H3. The molecule has 0 radical (unpaired) electrons. The third-order valence-electron chi connectivity index (χ3n) is 2.96. The van der Waals surface area contributed by atoms with Crippen LogP contribution in [0.3, 0.4) is 0 Å². The Hall–Kier alpha value is -1.07. The van der Waals surface area contributed by atoms with E-state index in [9.17, 15) is 0 Å². The van der Waals surface area contributed by atoms with E-state index in [2.05, 4.69) is 16.8 Å². The normalized spacial score (nSPS) is 20.8. The summed E-state index contributed by atoms with van der Waals surface area (Å²) >= 11 is 0. The first kappa shape index (κ1) is 12.4. The van der Waals surface area contributed by atoms with Gasteiger partial charge in [-0.05, 0) is 19.3 Å². The maximum Gasteiger partial charge on any atom is 0.297 e. The van der Waals surface area contributed by atoms with Gasteiger partial charge in [0.2, 0.25) is 0 Å². The highest BCUT2D eigenvalue weighted by atomic mass is 16.5. The molecule has 1 aromatic rings. The van der Waals surface area contributed by atoms with Crippen LogP contribution in [-0.4, -0.2) is 30.8 Å². The smallest absolute Gasteiger partial charge is 0.297 e. The van der Waals surface area contributed by atoms with Crippen LogP contribution in [0.4, 0.5) is 6.01 Å². The molecule has 1 unspecified atom stereocenters. The lowest BCUT2D eigenvalue weighted by molar-refractivity contribution is 0.0431. The summed E-state index contributed by atoms with van der Waals surface area (Å²) in [4.78, 5) is 6.49. The molecule has 0 bridgehead atoms. The maximum atomic E-state index is 5.78. The van der Waals surface area contributed by atoms with E-state index in [4.69, 9.17) is 14.9 Å². The average Bonchev–Trinajstić information content (AvgIpc) is 2.85. The topological polar surface area (TPSA) is 64.5 Å². The summed E-state index contributed by atoms with van der Waals surface area (Å²) in [6, 6.07) is 0.676. The highest BCUT2D eigenvalue weighted by Crippen LogP contribution is 2.20. The second kappa shape index (κ2) is 6.02. The highest BCUT2D eigenvalue weighted by Gasteiger charge is 2.23. The summed E-state index contributed by atoms with van der Waals surface area (Å²) in [5.41, 5.74) is 6.32. The quantitative estimate of drug-likeness (QED) is 0.844. The molecule has 1 aliphatic rings. The van der Waals surface area contributed by atoms with Crippen molar-refractivity contribution in [3.63, 3.8) is 0 Å². The molecule has 1 saturated heterocycles. The molecule has 96 valence electrons. The zero-order chi connectivity index (χ0) is 12.1. The Balaban J connectivity index is 1.92. The van der Waals surface area contributed by atoms with Gasteiger partial charge in [0, 0.05) is 26.2 Å². The SMILES string of the molecule is CCCOC1CCCN(c2nc(CN)co2)C1. The van der Waals surface area contributed by atoms with Crippen LogP contribution >= 0.6 is 0 Å². The Morgan fingerprint density at radius 3 is 3.24 bits per heavy atom. The molecule has 5 nitrogen and oxygen atoms in total. The van der Waals surface area contributed by atoms with Gasteiger partial charge in [-0.3, -0.25) is 0 Å². The monoisotopic (exact) mass is 239 g/mol. The van der Waals surface area contributed by atoms with Crippen molar-refractivity contribution in [2.45, 2.75) is 38.8 Å². The molecule has 1 aliphatic heterocycles. The Bertz CT molecular complexity index is 340. The number of piperidine rings is 1. The molecule has 0 aliphatic carbocycles. The molecule has 5 heteroatoms. The number of hydrogen-bond acceptors (Lipinski definition) is 5. The molecular weight excluding hydrogens is 218 g/mol. The molecule has 0 aromatic carbocycles. The number of oxazole rings is 1. The van der Waals surface area contributed by atoms with E-state index >= 15 is 0 Å². The fourth-order valence-electron chi connectivity index (χ4n) is 2.07. The zero-order valence-electron chi connectivity index (χ0n) is 10.4. The lowest BCUT2D eigenvalue weighted by Gasteiger charge is -2.31. The van der Waals surface area contributed by atoms with Crippen molar-refractivity contribution in [3.8, 4) is 0 Å². The number of hydrogen-bond donors (Lipinski definition) is 1. The molecule has 0 saturated carbocycles. The van der Waals surface area contributed by atoms with E-state index in [1.165, 1.54) is 0 Å². The minimum atomic E-state index is 0.303. The van der Waals surface area contributed by atoms with Crippen molar-refractivity contribution in [3.05, 3.63) is 12.0 Å². The second-order valence-corrected chi connectivity index (χ2v) is 4.41. The molecule has 1 fully saturated rings. The predicted molar refractivity (Wildman–Crippen MR) is 65.9 cm³/mol. The summed E-state index contributed by atoms with van der Waals surface area (Å²) in [5.74, 6) is 0. The summed E-state index contributed by atoms with van der Waals surface area (Å²) < 4.78 is 11.2. The van der Waals surface area contributed by atoms with Crippen LogP contribution < -0.4 is 10.6 Å². The van der Waals surface area contributed by atoms with Crippen LogP contribution in [0.2, 0.25) is 0 Å². The molecule has 1 aromatic heterocycles. The Morgan fingerprint density at radius 2 is 2.53 bits per heavy atom. The minimum absolute atomic E-state index is 0.303. The third kappa shape index (κ3) is 3.20. The molecule has 0 spiro atoms. The van der Waals surface area contributed by atoms with Gasteiger partial charge >= 0.3 is 0 Å². The lowest BCUT2D eigenvalue weighted by Crippen LogP contribution is -2.40. The van der Waals surface area contributed by atoms with Crippen molar-refractivity contribution in [1.29, 1.82) is 0 Å². The first-order valence-electron chi connectivity index (χ1n) is 6.34. The fourth-order valence-corrected chi connectivity index (χ4v) is 2.07. The molecule has 0 amide bonds. The van der Waals surface area contributed by atoms with Crippen molar-refractivity contribution in [2.24, 2.45) is 5.73 Å². The third-order valence-corrected chi connectivity index (χ3v) is 2.96. The molecular formula is C12H21N3O2. The Labute approximate surface area is 102 Å². The van der Waals surface area contributed by atoms with Crippen molar-refractivity contribution >= 4 is 6.01 Å². The van der Waals surface area contributed by atoms with E-state index in [0.717, 1.165) is 44.7 Å². The lowest BCUT2D eigenvalue weighted by atomic mass is 10.1. The van der Waals surface area contributed by atoms with Gasteiger partial charge in [-0.15, -0.1) is 0 Å². The number of nitrogens with two attached hydrogens (primary N) is 1. The first-order valence-corrected chi connectivity index (χ1v) is 6.34. The number of rotatable bonds is 5. The Morgan fingerprint density at radius 1 is 1.65 bits per heavy atom. The summed E-state index contributed by atoms with van der Waals surface area (Å²) in [6.07, 6.45) is 5.24. The van der Waals surface area contributed by atoms with Crippen LogP contribution in [-0.2, 0) is 11.3 Å². The van der Waals surface area contributed by atoms with Gasteiger partial charge in [0.15, 0.2) is 0 Å². The van der Waals surface area contributed by atoms with Gasteiger partial charge in [0.25, 0.3) is 6.01 Å². The number of ether oxygens (including phenoxy) is 1. The number of aromatic nitrogens is 1. The zero-order valence-corrected chi connectivity index (χ0v) is 10.4.